The summed E-state index contributed by atoms with van der Waals surface area (Å²) < 4.78 is 5.37. The minimum Gasteiger partial charge on any atom is -0.411 e. The Kier molecular flexibility index (Phi) is 3.36. The van der Waals surface area contributed by atoms with Crippen molar-refractivity contribution in [2.75, 3.05) is 0 Å². The second kappa shape index (κ2) is 3.56. The summed E-state index contributed by atoms with van der Waals surface area (Å²) in [6, 6.07) is 0. The van der Waals surface area contributed by atoms with E-state index in [4.69, 9.17) is 9.94 Å². The molecule has 0 aliphatic rings. The molecule has 0 aromatic heterocycles. The molecule has 3 heteroatoms. The predicted molar refractivity (Wildman–Crippen MR) is 40.6 cm³/mol. The minimum atomic E-state index is -0.469. The van der Waals surface area contributed by atoms with Crippen LogP contribution in [0.1, 0.15) is 27.7 Å². The number of ether oxygens (including phenoxy) is 1. The summed E-state index contributed by atoms with van der Waals surface area (Å²) in [5.41, 5.74) is -0.469. The molecule has 0 saturated carbocycles. The van der Waals surface area contributed by atoms with Crippen molar-refractivity contribution >= 4 is 6.21 Å². The average molecular weight is 145 g/mol. The summed E-state index contributed by atoms with van der Waals surface area (Å²) in [4.78, 5) is 0. The smallest absolute Gasteiger partial charge is 0.101 e. The van der Waals surface area contributed by atoms with Crippen molar-refractivity contribution in [3.8, 4) is 0 Å². The van der Waals surface area contributed by atoms with Crippen LogP contribution in [-0.2, 0) is 4.74 Å². The van der Waals surface area contributed by atoms with Crippen LogP contribution >= 0.6 is 0 Å². The lowest BCUT2D eigenvalue weighted by atomic mass is 10.1. The maximum absolute atomic E-state index is 8.20. The second-order valence-electron chi connectivity index (χ2n) is 3.01. The van der Waals surface area contributed by atoms with Crippen molar-refractivity contribution in [2.45, 2.75) is 39.4 Å². The van der Waals surface area contributed by atoms with Gasteiger partial charge >= 0.3 is 0 Å². The third-order valence-corrected chi connectivity index (χ3v) is 0.908. The summed E-state index contributed by atoms with van der Waals surface area (Å²) in [6.45, 7) is 7.55. The molecular weight excluding hydrogens is 130 g/mol. The standard InChI is InChI=1S/C7H15NO2/c1-6(2)10-7(3,4)5-8-9/h5-6,9H,1-4H3. The maximum atomic E-state index is 8.20. The van der Waals surface area contributed by atoms with E-state index in [1.54, 1.807) is 0 Å². The van der Waals surface area contributed by atoms with Crippen molar-refractivity contribution in [2.24, 2.45) is 5.16 Å². The van der Waals surface area contributed by atoms with Gasteiger partial charge in [-0.25, -0.2) is 0 Å². The first-order valence-electron chi connectivity index (χ1n) is 3.34. The van der Waals surface area contributed by atoms with Crippen LogP contribution in [-0.4, -0.2) is 23.1 Å². The molecule has 0 atom stereocenters. The van der Waals surface area contributed by atoms with Gasteiger partial charge in [-0.1, -0.05) is 5.16 Å². The fourth-order valence-electron chi connectivity index (χ4n) is 0.777. The summed E-state index contributed by atoms with van der Waals surface area (Å²) >= 11 is 0. The Morgan fingerprint density at radius 2 is 2.00 bits per heavy atom. The zero-order valence-corrected chi connectivity index (χ0v) is 6.96. The molecule has 60 valence electrons. The van der Waals surface area contributed by atoms with Crippen LogP contribution in [0.2, 0.25) is 0 Å². The SMILES string of the molecule is CC(C)OC(C)(C)C=NO. The Hall–Kier alpha value is -0.570. The van der Waals surface area contributed by atoms with Gasteiger partial charge in [-0.3, -0.25) is 0 Å². The summed E-state index contributed by atoms with van der Waals surface area (Å²) in [5.74, 6) is 0. The fourth-order valence-corrected chi connectivity index (χ4v) is 0.777. The highest BCUT2D eigenvalue weighted by Crippen LogP contribution is 2.08. The Bertz CT molecular complexity index is 119. The van der Waals surface area contributed by atoms with Gasteiger partial charge < -0.3 is 9.94 Å². The van der Waals surface area contributed by atoms with E-state index < -0.39 is 5.60 Å². The van der Waals surface area contributed by atoms with E-state index in [0.29, 0.717) is 0 Å². The van der Waals surface area contributed by atoms with E-state index in [1.165, 1.54) is 6.21 Å². The van der Waals surface area contributed by atoms with Gasteiger partial charge in [0.2, 0.25) is 0 Å². The lowest BCUT2D eigenvalue weighted by Crippen LogP contribution is -2.29. The molecule has 0 amide bonds. The molecule has 0 unspecified atom stereocenters. The van der Waals surface area contributed by atoms with Crippen LogP contribution in [0.15, 0.2) is 5.16 Å². The first-order chi connectivity index (χ1) is 4.48. The monoisotopic (exact) mass is 145 g/mol. The van der Waals surface area contributed by atoms with Gasteiger partial charge in [-0.15, -0.1) is 0 Å². The van der Waals surface area contributed by atoms with E-state index in [0.717, 1.165) is 0 Å². The van der Waals surface area contributed by atoms with Crippen molar-refractivity contribution < 1.29 is 9.94 Å². The largest absolute Gasteiger partial charge is 0.411 e. The maximum Gasteiger partial charge on any atom is 0.101 e. The molecule has 0 fully saturated rings. The summed E-state index contributed by atoms with van der Waals surface area (Å²) in [6.07, 6.45) is 1.51. The quantitative estimate of drug-likeness (QED) is 0.372. The molecule has 0 heterocycles. The molecule has 0 spiro atoms. The Morgan fingerprint density at radius 1 is 1.50 bits per heavy atom. The Morgan fingerprint density at radius 3 is 2.30 bits per heavy atom. The predicted octanol–water partition coefficient (Wildman–Crippen LogP) is 1.65. The fraction of sp³-hybridized carbons (Fsp3) is 0.857. The highest BCUT2D eigenvalue weighted by molar-refractivity contribution is 5.66. The first kappa shape index (κ1) is 9.43. The van der Waals surface area contributed by atoms with Crippen LogP contribution in [0.25, 0.3) is 0 Å². The van der Waals surface area contributed by atoms with Gasteiger partial charge in [-0.2, -0.15) is 0 Å². The number of nitrogens with zero attached hydrogens (tertiary/aromatic N) is 1. The molecule has 0 aliphatic carbocycles. The summed E-state index contributed by atoms with van der Waals surface area (Å²) in [5, 5.41) is 11.1. The number of oxime groups is 1. The molecule has 0 bridgehead atoms. The molecule has 3 nitrogen and oxygen atoms in total. The van der Waals surface area contributed by atoms with Gasteiger partial charge in [0.15, 0.2) is 0 Å². The lowest BCUT2D eigenvalue weighted by molar-refractivity contribution is -0.00744. The van der Waals surface area contributed by atoms with Crippen molar-refractivity contribution in [3.63, 3.8) is 0 Å². The van der Waals surface area contributed by atoms with E-state index in [9.17, 15) is 0 Å². The first-order valence-corrected chi connectivity index (χ1v) is 3.34. The average Bonchev–Trinajstić information content (AvgIpc) is 1.59. The highest BCUT2D eigenvalue weighted by atomic mass is 16.5. The van der Waals surface area contributed by atoms with Crippen molar-refractivity contribution in [3.05, 3.63) is 0 Å². The molecule has 0 aliphatic heterocycles. The topological polar surface area (TPSA) is 41.8 Å². The van der Waals surface area contributed by atoms with Gasteiger partial charge in [-0.05, 0) is 27.7 Å². The van der Waals surface area contributed by atoms with Gasteiger partial charge in [0, 0.05) is 0 Å². The Balaban J connectivity index is 3.86. The van der Waals surface area contributed by atoms with E-state index in [-0.39, 0.29) is 6.10 Å². The van der Waals surface area contributed by atoms with Crippen LogP contribution in [0.5, 0.6) is 0 Å². The van der Waals surface area contributed by atoms with Crippen LogP contribution in [0, 0.1) is 0 Å². The van der Waals surface area contributed by atoms with E-state index >= 15 is 0 Å². The van der Waals surface area contributed by atoms with Gasteiger partial charge in [0.1, 0.15) is 5.60 Å². The highest BCUT2D eigenvalue weighted by Gasteiger charge is 2.16. The number of rotatable bonds is 3. The zero-order chi connectivity index (χ0) is 8.20. The normalized spacial score (nSPS) is 13.3. The second-order valence-corrected chi connectivity index (χ2v) is 3.01. The van der Waals surface area contributed by atoms with Crippen LogP contribution in [0.4, 0.5) is 0 Å². The van der Waals surface area contributed by atoms with Gasteiger partial charge in [0.25, 0.3) is 0 Å². The molecule has 1 N–H and O–H groups in total. The molecule has 0 saturated heterocycles. The lowest BCUT2D eigenvalue weighted by Gasteiger charge is -2.22. The zero-order valence-electron chi connectivity index (χ0n) is 6.96. The Labute approximate surface area is 61.7 Å². The molecule has 10 heavy (non-hydrogen) atoms. The molecule has 0 aromatic carbocycles. The third kappa shape index (κ3) is 4.32. The minimum absolute atomic E-state index is 0.146. The van der Waals surface area contributed by atoms with E-state index in [2.05, 4.69) is 5.16 Å². The molecular formula is C7H15NO2. The molecule has 0 radical (unpaired) electrons. The van der Waals surface area contributed by atoms with Crippen molar-refractivity contribution in [1.82, 2.24) is 0 Å². The molecule has 0 aromatic rings. The summed E-state index contributed by atoms with van der Waals surface area (Å²) in [7, 11) is 0. The molecule has 0 rings (SSSR count). The number of hydrogen-bond acceptors (Lipinski definition) is 3. The third-order valence-electron chi connectivity index (χ3n) is 0.908. The number of hydrogen-bond donors (Lipinski definition) is 1. The van der Waals surface area contributed by atoms with Crippen LogP contribution in [0.3, 0.4) is 0 Å². The van der Waals surface area contributed by atoms with Crippen molar-refractivity contribution in [1.29, 1.82) is 0 Å². The van der Waals surface area contributed by atoms with Crippen LogP contribution < -0.4 is 0 Å². The van der Waals surface area contributed by atoms with E-state index in [1.807, 2.05) is 27.7 Å². The van der Waals surface area contributed by atoms with Gasteiger partial charge in [0.05, 0.1) is 12.3 Å².